The average molecular weight is 466 g/mol. The van der Waals surface area contributed by atoms with Crippen LogP contribution in [0.4, 0.5) is 0 Å². The van der Waals surface area contributed by atoms with Gasteiger partial charge in [-0.2, -0.15) is 0 Å². The van der Waals surface area contributed by atoms with Crippen LogP contribution in [0.3, 0.4) is 0 Å². The summed E-state index contributed by atoms with van der Waals surface area (Å²) in [6.07, 6.45) is -0.278. The molecule has 2 heterocycles. The van der Waals surface area contributed by atoms with Gasteiger partial charge in [0.15, 0.2) is 9.84 Å². The van der Waals surface area contributed by atoms with Crippen molar-refractivity contribution in [2.75, 3.05) is 38.5 Å². The Morgan fingerprint density at radius 3 is 2.39 bits per heavy atom. The highest BCUT2D eigenvalue weighted by Crippen LogP contribution is 2.24. The number of rotatable bonds is 5. The van der Waals surface area contributed by atoms with Crippen LogP contribution in [-0.2, 0) is 19.4 Å². The maximum atomic E-state index is 12.8. The number of aliphatic hydroxyl groups is 1. The van der Waals surface area contributed by atoms with Gasteiger partial charge in [-0.25, -0.2) is 13.4 Å². The van der Waals surface area contributed by atoms with Crippen molar-refractivity contribution < 1.29 is 23.1 Å². The zero-order valence-electron chi connectivity index (χ0n) is 16.9. The second-order valence-corrected chi connectivity index (χ2v) is 10.3. The van der Waals surface area contributed by atoms with Crippen LogP contribution >= 0.6 is 11.6 Å². The maximum Gasteiger partial charge on any atom is 0.252 e. The standard InChI is InChI=1S/C21H24ClN3O5S/c22-17-5-3-16-13-18(6-4-15(16)12-17)31(29,30)14-19(26)21(28)23-8-10-24(11-9-23)25-7-1-2-20(25)27/h3-6,12-13,19,26H,1-2,7-11,14H2. The summed E-state index contributed by atoms with van der Waals surface area (Å²) in [5.41, 5.74) is 0. The largest absolute Gasteiger partial charge is 0.382 e. The topological polar surface area (TPSA) is 98.2 Å². The Labute approximate surface area is 185 Å². The van der Waals surface area contributed by atoms with Gasteiger partial charge in [-0.15, -0.1) is 0 Å². The lowest BCUT2D eigenvalue weighted by atomic mass is 10.1. The van der Waals surface area contributed by atoms with Crippen molar-refractivity contribution in [1.29, 1.82) is 0 Å². The highest BCUT2D eigenvalue weighted by Gasteiger charge is 2.33. The Bertz CT molecular complexity index is 1120. The SMILES string of the molecule is O=C(C(O)CS(=O)(=O)c1ccc2cc(Cl)ccc2c1)N1CCN(N2CCCC2=O)CC1. The zero-order chi connectivity index (χ0) is 22.2. The van der Waals surface area contributed by atoms with Crippen LogP contribution in [0.25, 0.3) is 10.8 Å². The van der Waals surface area contributed by atoms with E-state index >= 15 is 0 Å². The fraction of sp³-hybridized carbons (Fsp3) is 0.429. The van der Waals surface area contributed by atoms with Crippen molar-refractivity contribution in [1.82, 2.24) is 14.9 Å². The quantitative estimate of drug-likeness (QED) is 0.715. The first-order valence-corrected chi connectivity index (χ1v) is 12.2. The van der Waals surface area contributed by atoms with Crippen molar-refractivity contribution in [2.24, 2.45) is 0 Å². The van der Waals surface area contributed by atoms with E-state index < -0.39 is 27.6 Å². The van der Waals surface area contributed by atoms with E-state index in [4.69, 9.17) is 11.6 Å². The molecule has 1 N–H and O–H groups in total. The van der Waals surface area contributed by atoms with Crippen molar-refractivity contribution in [3.63, 3.8) is 0 Å². The molecule has 0 aliphatic carbocycles. The summed E-state index contributed by atoms with van der Waals surface area (Å²) in [4.78, 5) is 26.0. The van der Waals surface area contributed by atoms with E-state index in [9.17, 15) is 23.1 Å². The van der Waals surface area contributed by atoms with Crippen molar-refractivity contribution in [3.05, 3.63) is 41.4 Å². The molecule has 2 aromatic rings. The number of aliphatic hydroxyl groups excluding tert-OH is 1. The predicted octanol–water partition coefficient (Wildman–Crippen LogP) is 1.31. The predicted molar refractivity (Wildman–Crippen MR) is 116 cm³/mol. The molecule has 1 unspecified atom stereocenters. The van der Waals surface area contributed by atoms with Crippen LogP contribution < -0.4 is 0 Å². The van der Waals surface area contributed by atoms with E-state index in [0.717, 1.165) is 11.8 Å². The summed E-state index contributed by atoms with van der Waals surface area (Å²) in [5, 5.41) is 16.1. The molecule has 0 radical (unpaired) electrons. The molecule has 10 heteroatoms. The van der Waals surface area contributed by atoms with Gasteiger partial charge in [0.2, 0.25) is 5.91 Å². The normalized spacial score (nSPS) is 19.2. The number of sulfone groups is 1. The minimum absolute atomic E-state index is 0.0477. The summed E-state index contributed by atoms with van der Waals surface area (Å²) in [6.45, 7) is 2.30. The van der Waals surface area contributed by atoms with Gasteiger partial charge in [0.1, 0.15) is 6.10 Å². The van der Waals surface area contributed by atoms with E-state index in [1.807, 2.05) is 5.01 Å². The molecule has 0 saturated carbocycles. The molecular weight excluding hydrogens is 442 g/mol. The third-order valence-corrected chi connectivity index (χ3v) is 7.71. The van der Waals surface area contributed by atoms with Crippen LogP contribution in [0, 0.1) is 0 Å². The first-order valence-electron chi connectivity index (χ1n) is 10.2. The van der Waals surface area contributed by atoms with Gasteiger partial charge in [0.25, 0.3) is 5.91 Å². The maximum absolute atomic E-state index is 12.8. The third-order valence-electron chi connectivity index (χ3n) is 5.75. The van der Waals surface area contributed by atoms with Crippen LogP contribution in [0.1, 0.15) is 12.8 Å². The molecule has 2 amide bonds. The molecule has 0 aromatic heterocycles. The van der Waals surface area contributed by atoms with E-state index in [2.05, 4.69) is 0 Å². The molecule has 1 atom stereocenters. The first-order chi connectivity index (χ1) is 14.7. The molecule has 0 spiro atoms. The molecule has 4 rings (SSSR count). The summed E-state index contributed by atoms with van der Waals surface area (Å²) in [6, 6.07) is 9.76. The molecule has 166 valence electrons. The second-order valence-electron chi connectivity index (χ2n) is 7.85. The summed E-state index contributed by atoms with van der Waals surface area (Å²) in [5.74, 6) is -1.21. The number of benzene rings is 2. The summed E-state index contributed by atoms with van der Waals surface area (Å²) < 4.78 is 25.6. The Balaban J connectivity index is 1.39. The fourth-order valence-corrected chi connectivity index (χ4v) is 5.58. The number of hydrogen-bond donors (Lipinski definition) is 1. The van der Waals surface area contributed by atoms with Gasteiger partial charge in [0.05, 0.1) is 10.6 Å². The molecule has 2 aromatic carbocycles. The highest BCUT2D eigenvalue weighted by atomic mass is 35.5. The van der Waals surface area contributed by atoms with Gasteiger partial charge < -0.3 is 10.0 Å². The van der Waals surface area contributed by atoms with Gasteiger partial charge in [-0.05, 0) is 41.5 Å². The second kappa shape index (κ2) is 8.74. The number of amides is 2. The number of hydrogen-bond acceptors (Lipinski definition) is 6. The van der Waals surface area contributed by atoms with Gasteiger partial charge >= 0.3 is 0 Å². The van der Waals surface area contributed by atoms with E-state index in [1.165, 1.54) is 17.0 Å². The molecule has 2 aliphatic heterocycles. The Morgan fingerprint density at radius 1 is 1.03 bits per heavy atom. The van der Waals surface area contributed by atoms with Crippen molar-refractivity contribution in [2.45, 2.75) is 23.8 Å². The van der Waals surface area contributed by atoms with Crippen LogP contribution in [0.5, 0.6) is 0 Å². The van der Waals surface area contributed by atoms with Crippen LogP contribution in [-0.4, -0.2) is 84.8 Å². The summed E-state index contributed by atoms with van der Waals surface area (Å²) in [7, 11) is -3.87. The molecular formula is C21H24ClN3O5S. The molecule has 2 saturated heterocycles. The molecule has 2 fully saturated rings. The Hall–Kier alpha value is -2.20. The molecule has 31 heavy (non-hydrogen) atoms. The van der Waals surface area contributed by atoms with E-state index in [-0.39, 0.29) is 10.8 Å². The number of carbonyl (C=O) groups is 2. The fourth-order valence-electron chi connectivity index (χ4n) is 4.06. The van der Waals surface area contributed by atoms with E-state index in [1.54, 1.807) is 29.3 Å². The molecule has 0 bridgehead atoms. The van der Waals surface area contributed by atoms with Crippen LogP contribution in [0.15, 0.2) is 41.3 Å². The number of piperazine rings is 1. The zero-order valence-corrected chi connectivity index (χ0v) is 18.5. The lowest BCUT2D eigenvalue weighted by molar-refractivity contribution is -0.151. The minimum atomic E-state index is -3.87. The van der Waals surface area contributed by atoms with Crippen molar-refractivity contribution in [3.8, 4) is 0 Å². The third kappa shape index (κ3) is 4.69. The molecule has 2 aliphatic rings. The lowest BCUT2D eigenvalue weighted by Gasteiger charge is -2.39. The smallest absolute Gasteiger partial charge is 0.252 e. The average Bonchev–Trinajstić information content (AvgIpc) is 3.18. The first kappa shape index (κ1) is 22.0. The Kier molecular flexibility index (Phi) is 6.20. The van der Waals surface area contributed by atoms with Gasteiger partial charge in [-0.1, -0.05) is 23.7 Å². The van der Waals surface area contributed by atoms with Gasteiger partial charge in [-0.3, -0.25) is 14.6 Å². The minimum Gasteiger partial charge on any atom is -0.382 e. The summed E-state index contributed by atoms with van der Waals surface area (Å²) >= 11 is 5.96. The highest BCUT2D eigenvalue weighted by molar-refractivity contribution is 7.91. The monoisotopic (exact) mass is 465 g/mol. The number of fused-ring (bicyclic) bond motifs is 1. The molecule has 8 nitrogen and oxygen atoms in total. The van der Waals surface area contributed by atoms with Gasteiger partial charge in [0, 0.05) is 44.2 Å². The number of nitrogens with zero attached hydrogens (tertiary/aromatic N) is 3. The Morgan fingerprint density at radius 2 is 1.71 bits per heavy atom. The van der Waals surface area contributed by atoms with Crippen molar-refractivity contribution >= 4 is 44.0 Å². The number of hydrazine groups is 1. The lowest BCUT2D eigenvalue weighted by Crippen LogP contribution is -2.57. The van der Waals surface area contributed by atoms with Crippen LogP contribution in [0.2, 0.25) is 5.02 Å². The van der Waals surface area contributed by atoms with E-state index in [0.29, 0.717) is 49.6 Å². The number of carbonyl (C=O) groups excluding carboxylic acids is 2. The number of halogens is 1.